The molecule has 1 aliphatic rings. The molecule has 0 saturated heterocycles. The highest BCUT2D eigenvalue weighted by molar-refractivity contribution is 5.77. The van der Waals surface area contributed by atoms with Gasteiger partial charge in [0.05, 0.1) is 12.0 Å². The second-order valence-electron chi connectivity index (χ2n) is 3.92. The summed E-state index contributed by atoms with van der Waals surface area (Å²) in [6.45, 7) is 4.44. The molecule has 14 heavy (non-hydrogen) atoms. The number of ether oxygens (including phenoxy) is 1. The van der Waals surface area contributed by atoms with Gasteiger partial charge >= 0.3 is 5.97 Å². The van der Waals surface area contributed by atoms with Crippen LogP contribution in [-0.2, 0) is 9.53 Å². The molecule has 2 heteroatoms. The summed E-state index contributed by atoms with van der Waals surface area (Å²) < 4.78 is 5.16. The minimum Gasteiger partial charge on any atom is -0.466 e. The van der Waals surface area contributed by atoms with Gasteiger partial charge in [0.25, 0.3) is 0 Å². The van der Waals surface area contributed by atoms with E-state index in [4.69, 9.17) is 4.74 Å². The number of hydrogen-bond donors (Lipinski definition) is 0. The number of carbonyl (C=O) groups excluding carboxylic acids is 1. The number of esters is 1. The highest BCUT2D eigenvalue weighted by Gasteiger charge is 2.36. The monoisotopic (exact) mass is 196 g/mol. The Hall–Kier alpha value is -0.790. The number of rotatable bonds is 3. The van der Waals surface area contributed by atoms with Crippen LogP contribution in [0.4, 0.5) is 0 Å². The predicted octanol–water partition coefficient (Wildman–Crippen LogP) is 3.08. The zero-order valence-electron chi connectivity index (χ0n) is 9.21. The van der Waals surface area contributed by atoms with Crippen molar-refractivity contribution in [2.24, 2.45) is 5.41 Å². The van der Waals surface area contributed by atoms with Gasteiger partial charge < -0.3 is 4.74 Å². The molecule has 0 aromatic carbocycles. The van der Waals surface area contributed by atoms with Crippen LogP contribution in [0.2, 0.25) is 0 Å². The first-order valence-electron chi connectivity index (χ1n) is 5.57. The molecule has 80 valence electrons. The lowest BCUT2D eigenvalue weighted by Crippen LogP contribution is -2.31. The van der Waals surface area contributed by atoms with Crippen LogP contribution < -0.4 is 0 Å². The fraction of sp³-hybridized carbons (Fsp3) is 0.750. The van der Waals surface area contributed by atoms with Crippen molar-refractivity contribution in [3.05, 3.63) is 12.2 Å². The Bertz CT molecular complexity index is 220. The molecule has 1 atom stereocenters. The fourth-order valence-electron chi connectivity index (χ4n) is 2.02. The average molecular weight is 196 g/mol. The molecule has 0 bridgehead atoms. The van der Waals surface area contributed by atoms with Crippen molar-refractivity contribution in [1.82, 2.24) is 0 Å². The summed E-state index contributed by atoms with van der Waals surface area (Å²) in [6, 6.07) is 0. The average Bonchev–Trinajstić information content (AvgIpc) is 2.44. The Kier molecular flexibility index (Phi) is 4.18. The molecule has 0 fully saturated rings. The summed E-state index contributed by atoms with van der Waals surface area (Å²) in [5.74, 6) is -0.00551. The van der Waals surface area contributed by atoms with Crippen molar-refractivity contribution in [3.63, 3.8) is 0 Å². The Morgan fingerprint density at radius 2 is 2.21 bits per heavy atom. The van der Waals surface area contributed by atoms with Crippen LogP contribution in [0.5, 0.6) is 0 Å². The van der Waals surface area contributed by atoms with Gasteiger partial charge in [0.2, 0.25) is 0 Å². The van der Waals surface area contributed by atoms with Crippen LogP contribution >= 0.6 is 0 Å². The molecule has 0 N–H and O–H groups in total. The van der Waals surface area contributed by atoms with E-state index in [9.17, 15) is 4.79 Å². The number of allylic oxidation sites excluding steroid dienone is 2. The third kappa shape index (κ3) is 2.37. The maximum Gasteiger partial charge on any atom is 0.312 e. The van der Waals surface area contributed by atoms with E-state index in [1.54, 1.807) is 0 Å². The summed E-state index contributed by atoms with van der Waals surface area (Å²) in [6.07, 6.45) is 9.21. The summed E-state index contributed by atoms with van der Waals surface area (Å²) in [7, 11) is 0. The Balaban J connectivity index is 2.72. The van der Waals surface area contributed by atoms with Crippen LogP contribution in [0.25, 0.3) is 0 Å². The number of hydrogen-bond acceptors (Lipinski definition) is 2. The summed E-state index contributed by atoms with van der Waals surface area (Å²) in [4.78, 5) is 11.8. The van der Waals surface area contributed by atoms with Gasteiger partial charge in [-0.25, -0.2) is 0 Å². The fourth-order valence-corrected chi connectivity index (χ4v) is 2.02. The molecular weight excluding hydrogens is 176 g/mol. The lowest BCUT2D eigenvalue weighted by atomic mass is 9.78. The normalized spacial score (nSPS) is 27.0. The van der Waals surface area contributed by atoms with Gasteiger partial charge in [-0.05, 0) is 39.0 Å². The second kappa shape index (κ2) is 5.18. The molecule has 0 radical (unpaired) electrons. The first-order chi connectivity index (χ1) is 6.75. The van der Waals surface area contributed by atoms with Crippen molar-refractivity contribution >= 4 is 5.97 Å². The van der Waals surface area contributed by atoms with Crippen molar-refractivity contribution in [3.8, 4) is 0 Å². The summed E-state index contributed by atoms with van der Waals surface area (Å²) in [5, 5.41) is 0. The SMILES string of the molecule is CCOC(=O)C1(CC)CC=CCCC1. The Morgan fingerprint density at radius 3 is 2.86 bits per heavy atom. The van der Waals surface area contributed by atoms with E-state index in [0.29, 0.717) is 6.61 Å². The van der Waals surface area contributed by atoms with Crippen LogP contribution in [-0.4, -0.2) is 12.6 Å². The summed E-state index contributed by atoms with van der Waals surface area (Å²) >= 11 is 0. The minimum absolute atomic E-state index is 0.00551. The third-order valence-corrected chi connectivity index (χ3v) is 3.09. The van der Waals surface area contributed by atoms with Crippen LogP contribution in [0.3, 0.4) is 0 Å². The third-order valence-electron chi connectivity index (χ3n) is 3.09. The summed E-state index contributed by atoms with van der Waals surface area (Å²) in [5.41, 5.74) is -0.233. The van der Waals surface area contributed by atoms with Crippen LogP contribution in [0, 0.1) is 5.41 Å². The van der Waals surface area contributed by atoms with E-state index in [1.165, 1.54) is 0 Å². The molecule has 0 heterocycles. The van der Waals surface area contributed by atoms with Crippen molar-refractivity contribution in [2.45, 2.75) is 46.0 Å². The van der Waals surface area contributed by atoms with Crippen LogP contribution in [0.15, 0.2) is 12.2 Å². The topological polar surface area (TPSA) is 26.3 Å². The van der Waals surface area contributed by atoms with Gasteiger partial charge in [0.15, 0.2) is 0 Å². The molecule has 1 aliphatic carbocycles. The van der Waals surface area contributed by atoms with Gasteiger partial charge in [-0.3, -0.25) is 4.79 Å². The van der Waals surface area contributed by atoms with E-state index in [-0.39, 0.29) is 11.4 Å². The predicted molar refractivity (Wildman–Crippen MR) is 57.0 cm³/mol. The molecule has 0 spiro atoms. The highest BCUT2D eigenvalue weighted by Crippen LogP contribution is 2.36. The Morgan fingerprint density at radius 1 is 1.43 bits per heavy atom. The van der Waals surface area contributed by atoms with Crippen molar-refractivity contribution < 1.29 is 9.53 Å². The second-order valence-corrected chi connectivity index (χ2v) is 3.92. The lowest BCUT2D eigenvalue weighted by molar-refractivity contribution is -0.156. The molecule has 0 amide bonds. The number of carbonyl (C=O) groups is 1. The smallest absolute Gasteiger partial charge is 0.312 e. The van der Waals surface area contributed by atoms with Gasteiger partial charge in [0, 0.05) is 0 Å². The minimum atomic E-state index is -0.233. The van der Waals surface area contributed by atoms with E-state index >= 15 is 0 Å². The van der Waals surface area contributed by atoms with Gasteiger partial charge in [-0.15, -0.1) is 0 Å². The molecular formula is C12H20O2. The molecule has 0 saturated carbocycles. The van der Waals surface area contributed by atoms with Gasteiger partial charge in [-0.2, -0.15) is 0 Å². The Labute approximate surface area is 86.3 Å². The van der Waals surface area contributed by atoms with Gasteiger partial charge in [0.1, 0.15) is 0 Å². The molecule has 0 aliphatic heterocycles. The zero-order valence-corrected chi connectivity index (χ0v) is 9.21. The van der Waals surface area contributed by atoms with Gasteiger partial charge in [-0.1, -0.05) is 19.1 Å². The highest BCUT2D eigenvalue weighted by atomic mass is 16.5. The quantitative estimate of drug-likeness (QED) is 0.512. The van der Waals surface area contributed by atoms with E-state index in [0.717, 1.165) is 32.1 Å². The largest absolute Gasteiger partial charge is 0.466 e. The molecule has 1 rings (SSSR count). The van der Waals surface area contributed by atoms with Crippen molar-refractivity contribution in [2.75, 3.05) is 6.61 Å². The maximum absolute atomic E-state index is 11.8. The molecule has 2 nitrogen and oxygen atoms in total. The molecule has 0 aromatic rings. The van der Waals surface area contributed by atoms with Crippen LogP contribution in [0.1, 0.15) is 46.0 Å². The van der Waals surface area contributed by atoms with E-state index in [1.807, 2.05) is 6.92 Å². The van der Waals surface area contributed by atoms with Crippen molar-refractivity contribution in [1.29, 1.82) is 0 Å². The first kappa shape index (κ1) is 11.3. The maximum atomic E-state index is 11.8. The molecule has 0 aromatic heterocycles. The standard InChI is InChI=1S/C12H20O2/c1-3-12(11(13)14-4-2)9-7-5-6-8-10-12/h5,7H,3-4,6,8-10H2,1-2H3. The first-order valence-corrected chi connectivity index (χ1v) is 5.57. The molecule has 1 unspecified atom stereocenters. The lowest BCUT2D eigenvalue weighted by Gasteiger charge is -2.28. The van der Waals surface area contributed by atoms with E-state index < -0.39 is 0 Å². The zero-order chi connectivity index (χ0) is 10.4. The van der Waals surface area contributed by atoms with E-state index in [2.05, 4.69) is 19.1 Å².